The molecule has 1 atom stereocenters. The zero-order valence-electron chi connectivity index (χ0n) is 12.8. The lowest BCUT2D eigenvalue weighted by Crippen LogP contribution is -2.45. The molecule has 1 N–H and O–H groups in total. The third-order valence-corrected chi connectivity index (χ3v) is 4.29. The van der Waals surface area contributed by atoms with Gasteiger partial charge in [0.15, 0.2) is 0 Å². The van der Waals surface area contributed by atoms with Gasteiger partial charge in [0.05, 0.1) is 0 Å². The van der Waals surface area contributed by atoms with Crippen molar-refractivity contribution in [2.24, 2.45) is 0 Å². The van der Waals surface area contributed by atoms with Crippen molar-refractivity contribution in [2.45, 2.75) is 58.7 Å². The van der Waals surface area contributed by atoms with Crippen molar-refractivity contribution >= 4 is 0 Å². The average molecular weight is 260 g/mol. The molecule has 1 aromatic rings. The number of hydrogen-bond acceptors (Lipinski definition) is 2. The number of piperidine rings is 1. The van der Waals surface area contributed by atoms with Gasteiger partial charge in [-0.25, -0.2) is 0 Å². The van der Waals surface area contributed by atoms with Gasteiger partial charge in [0.1, 0.15) is 0 Å². The summed E-state index contributed by atoms with van der Waals surface area (Å²) in [4.78, 5) is 2.58. The maximum absolute atomic E-state index is 3.80. The van der Waals surface area contributed by atoms with E-state index >= 15 is 0 Å². The highest BCUT2D eigenvalue weighted by molar-refractivity contribution is 5.24. The monoisotopic (exact) mass is 260 g/mol. The second-order valence-electron chi connectivity index (χ2n) is 6.21. The van der Waals surface area contributed by atoms with Crippen LogP contribution in [-0.4, -0.2) is 30.1 Å². The molecule has 0 amide bonds. The molecule has 19 heavy (non-hydrogen) atoms. The van der Waals surface area contributed by atoms with Gasteiger partial charge in [-0.2, -0.15) is 0 Å². The van der Waals surface area contributed by atoms with Crippen molar-refractivity contribution in [1.82, 2.24) is 10.2 Å². The molecular formula is C17H28N2. The molecule has 1 saturated heterocycles. The van der Waals surface area contributed by atoms with E-state index in [0.717, 1.165) is 0 Å². The van der Waals surface area contributed by atoms with Gasteiger partial charge < -0.3 is 10.2 Å². The SMILES string of the molecule is Cc1cccc([C@H](C)NC2CCN(C(C)C)CC2)c1. The first-order chi connectivity index (χ1) is 9.06. The third kappa shape index (κ3) is 4.05. The Kier molecular flexibility index (Phi) is 5.00. The Morgan fingerprint density at radius 1 is 1.16 bits per heavy atom. The van der Waals surface area contributed by atoms with Gasteiger partial charge in [0.2, 0.25) is 0 Å². The number of aryl methyl sites for hydroxylation is 1. The van der Waals surface area contributed by atoms with Gasteiger partial charge in [0.25, 0.3) is 0 Å². The van der Waals surface area contributed by atoms with Crippen LogP contribution < -0.4 is 5.32 Å². The van der Waals surface area contributed by atoms with Crippen LogP contribution in [-0.2, 0) is 0 Å². The lowest BCUT2D eigenvalue weighted by Gasteiger charge is -2.36. The molecule has 0 bridgehead atoms. The molecule has 0 unspecified atom stereocenters. The van der Waals surface area contributed by atoms with E-state index in [1.807, 2.05) is 0 Å². The fourth-order valence-corrected chi connectivity index (χ4v) is 2.97. The highest BCUT2D eigenvalue weighted by atomic mass is 15.2. The smallest absolute Gasteiger partial charge is 0.0294 e. The lowest BCUT2D eigenvalue weighted by atomic mass is 10.00. The standard InChI is InChI=1S/C17H28N2/c1-13(2)19-10-8-17(9-11-19)18-15(4)16-7-5-6-14(3)12-16/h5-7,12-13,15,17-18H,8-11H2,1-4H3/t15-/m0/s1. The summed E-state index contributed by atoms with van der Waals surface area (Å²) in [7, 11) is 0. The van der Waals surface area contributed by atoms with Gasteiger partial charge in [-0.05, 0) is 59.2 Å². The van der Waals surface area contributed by atoms with Crippen LogP contribution in [0.3, 0.4) is 0 Å². The maximum atomic E-state index is 3.80. The predicted octanol–water partition coefficient (Wildman–Crippen LogP) is 3.52. The largest absolute Gasteiger partial charge is 0.307 e. The highest BCUT2D eigenvalue weighted by Gasteiger charge is 2.21. The van der Waals surface area contributed by atoms with Crippen LogP contribution in [0.2, 0.25) is 0 Å². The molecule has 2 rings (SSSR count). The molecule has 1 aliphatic rings. The summed E-state index contributed by atoms with van der Waals surface area (Å²) in [5.74, 6) is 0. The van der Waals surface area contributed by atoms with Gasteiger partial charge in [-0.1, -0.05) is 29.8 Å². The zero-order chi connectivity index (χ0) is 13.8. The normalized spacial score (nSPS) is 19.8. The molecule has 1 aliphatic heterocycles. The van der Waals surface area contributed by atoms with Crippen molar-refractivity contribution in [3.8, 4) is 0 Å². The topological polar surface area (TPSA) is 15.3 Å². The number of likely N-dealkylation sites (tertiary alicyclic amines) is 1. The highest BCUT2D eigenvalue weighted by Crippen LogP contribution is 2.19. The summed E-state index contributed by atoms with van der Waals surface area (Å²) in [6, 6.07) is 10.7. The number of benzene rings is 1. The van der Waals surface area contributed by atoms with Crippen LogP contribution >= 0.6 is 0 Å². The van der Waals surface area contributed by atoms with Gasteiger partial charge in [0, 0.05) is 18.1 Å². The molecule has 1 aromatic carbocycles. The summed E-state index contributed by atoms with van der Waals surface area (Å²) in [5, 5.41) is 3.80. The van der Waals surface area contributed by atoms with Crippen LogP contribution in [0.4, 0.5) is 0 Å². The second kappa shape index (κ2) is 6.53. The molecule has 0 radical (unpaired) electrons. The molecular weight excluding hydrogens is 232 g/mol. The van der Waals surface area contributed by atoms with Gasteiger partial charge in [-0.15, -0.1) is 0 Å². The van der Waals surface area contributed by atoms with Crippen molar-refractivity contribution < 1.29 is 0 Å². The molecule has 0 aliphatic carbocycles. The molecule has 0 saturated carbocycles. The minimum absolute atomic E-state index is 0.454. The Balaban J connectivity index is 1.85. The molecule has 1 fully saturated rings. The van der Waals surface area contributed by atoms with E-state index in [0.29, 0.717) is 18.1 Å². The molecule has 2 heteroatoms. The lowest BCUT2D eigenvalue weighted by molar-refractivity contribution is 0.157. The first-order valence-corrected chi connectivity index (χ1v) is 7.63. The minimum Gasteiger partial charge on any atom is -0.307 e. The van der Waals surface area contributed by atoms with E-state index in [9.17, 15) is 0 Å². The Bertz CT molecular complexity index is 392. The minimum atomic E-state index is 0.454. The summed E-state index contributed by atoms with van der Waals surface area (Å²) in [6.07, 6.45) is 2.54. The summed E-state index contributed by atoms with van der Waals surface area (Å²) in [5.41, 5.74) is 2.76. The zero-order valence-corrected chi connectivity index (χ0v) is 12.8. The Morgan fingerprint density at radius 2 is 1.84 bits per heavy atom. The van der Waals surface area contributed by atoms with E-state index < -0.39 is 0 Å². The van der Waals surface area contributed by atoms with E-state index in [1.54, 1.807) is 0 Å². The van der Waals surface area contributed by atoms with E-state index in [4.69, 9.17) is 0 Å². The van der Waals surface area contributed by atoms with Crippen LogP contribution in [0.5, 0.6) is 0 Å². The van der Waals surface area contributed by atoms with Gasteiger partial charge in [-0.3, -0.25) is 0 Å². The van der Waals surface area contributed by atoms with Crippen LogP contribution in [0, 0.1) is 6.92 Å². The number of nitrogens with one attached hydrogen (secondary N) is 1. The van der Waals surface area contributed by atoms with Crippen molar-refractivity contribution in [1.29, 1.82) is 0 Å². The summed E-state index contributed by atoms with van der Waals surface area (Å²) < 4.78 is 0. The van der Waals surface area contributed by atoms with Gasteiger partial charge >= 0.3 is 0 Å². The summed E-state index contributed by atoms with van der Waals surface area (Å²) >= 11 is 0. The quantitative estimate of drug-likeness (QED) is 0.891. The van der Waals surface area contributed by atoms with Crippen LogP contribution in [0.15, 0.2) is 24.3 Å². The maximum Gasteiger partial charge on any atom is 0.0294 e. The number of nitrogens with zero attached hydrogens (tertiary/aromatic N) is 1. The Hall–Kier alpha value is -0.860. The fourth-order valence-electron chi connectivity index (χ4n) is 2.97. The number of rotatable bonds is 4. The first kappa shape index (κ1) is 14.5. The van der Waals surface area contributed by atoms with E-state index in [2.05, 4.69) is 62.2 Å². The van der Waals surface area contributed by atoms with E-state index in [-0.39, 0.29) is 0 Å². The van der Waals surface area contributed by atoms with Crippen LogP contribution in [0.1, 0.15) is 50.8 Å². The third-order valence-electron chi connectivity index (χ3n) is 4.29. The van der Waals surface area contributed by atoms with Crippen molar-refractivity contribution in [2.75, 3.05) is 13.1 Å². The molecule has 2 nitrogen and oxygen atoms in total. The fraction of sp³-hybridized carbons (Fsp3) is 0.647. The molecule has 1 heterocycles. The second-order valence-corrected chi connectivity index (χ2v) is 6.21. The first-order valence-electron chi connectivity index (χ1n) is 7.63. The predicted molar refractivity (Wildman–Crippen MR) is 82.5 cm³/mol. The molecule has 0 aromatic heterocycles. The van der Waals surface area contributed by atoms with Crippen LogP contribution in [0.25, 0.3) is 0 Å². The number of hydrogen-bond donors (Lipinski definition) is 1. The summed E-state index contributed by atoms with van der Waals surface area (Å²) in [6.45, 7) is 11.5. The van der Waals surface area contributed by atoms with E-state index in [1.165, 1.54) is 37.1 Å². The van der Waals surface area contributed by atoms with Crippen molar-refractivity contribution in [3.63, 3.8) is 0 Å². The molecule has 0 spiro atoms. The Morgan fingerprint density at radius 3 is 2.42 bits per heavy atom. The Labute approximate surface area is 118 Å². The molecule has 106 valence electrons. The average Bonchev–Trinajstić information content (AvgIpc) is 2.39. The van der Waals surface area contributed by atoms with Crippen molar-refractivity contribution in [3.05, 3.63) is 35.4 Å².